The largest absolute Gasteiger partial charge is 0.369 e. The normalized spacial score (nSPS) is 11.2. The molecular weight excluding hydrogens is 242 g/mol. The molecule has 0 atom stereocenters. The molecule has 1 aromatic carbocycles. The monoisotopic (exact) mass is 257 g/mol. The molecule has 0 saturated heterocycles. The van der Waals surface area contributed by atoms with Gasteiger partial charge >= 0.3 is 0 Å². The molecule has 0 fully saturated rings. The Labute approximate surface area is 110 Å². The van der Waals surface area contributed by atoms with Gasteiger partial charge in [-0.15, -0.1) is 11.3 Å². The summed E-state index contributed by atoms with van der Waals surface area (Å²) in [5.41, 5.74) is 9.36. The van der Waals surface area contributed by atoms with E-state index in [1.807, 2.05) is 12.1 Å². The molecular formula is C14H15N3S. The van der Waals surface area contributed by atoms with Crippen LogP contribution in [0.25, 0.3) is 11.0 Å². The molecule has 0 spiro atoms. The Morgan fingerprint density at radius 1 is 1.22 bits per heavy atom. The first kappa shape index (κ1) is 11.3. The van der Waals surface area contributed by atoms with Crippen LogP contribution in [0.3, 0.4) is 0 Å². The molecule has 2 N–H and O–H groups in total. The number of aryl methyl sites for hydroxylation is 2. The number of nitrogen functional groups attached to an aromatic ring is 1. The fourth-order valence-electron chi connectivity index (χ4n) is 2.27. The zero-order chi connectivity index (χ0) is 12.7. The minimum absolute atomic E-state index is 0.588. The van der Waals surface area contributed by atoms with Crippen molar-refractivity contribution >= 4 is 28.3 Å². The van der Waals surface area contributed by atoms with Gasteiger partial charge in [-0.05, 0) is 37.6 Å². The van der Waals surface area contributed by atoms with Crippen molar-refractivity contribution < 1.29 is 0 Å². The van der Waals surface area contributed by atoms with E-state index in [0.717, 1.165) is 17.6 Å². The maximum absolute atomic E-state index is 6.03. The van der Waals surface area contributed by atoms with Crippen molar-refractivity contribution in [2.24, 2.45) is 0 Å². The first-order valence-electron chi connectivity index (χ1n) is 5.92. The van der Waals surface area contributed by atoms with Gasteiger partial charge in [0.05, 0.1) is 17.6 Å². The maximum atomic E-state index is 6.03. The minimum Gasteiger partial charge on any atom is -0.369 e. The Balaban J connectivity index is 2.13. The molecule has 0 aliphatic heterocycles. The van der Waals surface area contributed by atoms with Gasteiger partial charge in [-0.25, -0.2) is 4.98 Å². The van der Waals surface area contributed by atoms with Gasteiger partial charge in [0.15, 0.2) is 0 Å². The van der Waals surface area contributed by atoms with Crippen molar-refractivity contribution in [3.8, 4) is 0 Å². The lowest BCUT2D eigenvalue weighted by atomic mass is 10.2. The average Bonchev–Trinajstić information content (AvgIpc) is 2.85. The maximum Gasteiger partial charge on any atom is 0.201 e. The van der Waals surface area contributed by atoms with Crippen molar-refractivity contribution in [1.29, 1.82) is 0 Å². The summed E-state index contributed by atoms with van der Waals surface area (Å²) < 4.78 is 2.09. The molecule has 0 radical (unpaired) electrons. The van der Waals surface area contributed by atoms with Crippen LogP contribution in [-0.2, 0) is 6.54 Å². The van der Waals surface area contributed by atoms with Gasteiger partial charge in [0.1, 0.15) is 0 Å². The van der Waals surface area contributed by atoms with Gasteiger partial charge in [-0.3, -0.25) is 0 Å². The summed E-state index contributed by atoms with van der Waals surface area (Å²) in [6.45, 7) is 5.01. The average molecular weight is 257 g/mol. The summed E-state index contributed by atoms with van der Waals surface area (Å²) in [4.78, 5) is 7.05. The first-order chi connectivity index (χ1) is 8.65. The molecule has 92 valence electrons. The summed E-state index contributed by atoms with van der Waals surface area (Å²) >= 11 is 1.80. The van der Waals surface area contributed by atoms with Crippen LogP contribution in [-0.4, -0.2) is 9.55 Å². The zero-order valence-corrected chi connectivity index (χ0v) is 11.3. The van der Waals surface area contributed by atoms with Crippen LogP contribution in [0.2, 0.25) is 0 Å². The number of nitrogens with zero attached hydrogens (tertiary/aromatic N) is 2. The number of benzene rings is 1. The number of para-hydroxylation sites is 1. The van der Waals surface area contributed by atoms with E-state index in [1.54, 1.807) is 11.3 Å². The highest BCUT2D eigenvalue weighted by Crippen LogP contribution is 2.24. The van der Waals surface area contributed by atoms with Gasteiger partial charge in [0.25, 0.3) is 0 Å². The Hall–Kier alpha value is -1.81. The predicted molar refractivity (Wildman–Crippen MR) is 77.0 cm³/mol. The molecule has 0 amide bonds. The highest BCUT2D eigenvalue weighted by molar-refractivity contribution is 7.11. The second kappa shape index (κ2) is 4.14. The van der Waals surface area contributed by atoms with Crippen molar-refractivity contribution in [2.75, 3.05) is 5.73 Å². The van der Waals surface area contributed by atoms with E-state index in [4.69, 9.17) is 5.73 Å². The highest BCUT2D eigenvalue weighted by atomic mass is 32.1. The lowest BCUT2D eigenvalue weighted by Gasteiger charge is -2.06. The second-order valence-corrected chi connectivity index (χ2v) is 5.88. The molecule has 0 bridgehead atoms. The van der Waals surface area contributed by atoms with E-state index >= 15 is 0 Å². The number of thiophene rings is 1. The van der Waals surface area contributed by atoms with E-state index in [0.29, 0.717) is 5.95 Å². The zero-order valence-electron chi connectivity index (χ0n) is 10.5. The molecule has 2 heterocycles. The summed E-state index contributed by atoms with van der Waals surface area (Å²) in [6.07, 6.45) is 0. The predicted octanol–water partition coefficient (Wildman–Crippen LogP) is 3.35. The van der Waals surface area contributed by atoms with Crippen molar-refractivity contribution in [3.63, 3.8) is 0 Å². The smallest absolute Gasteiger partial charge is 0.201 e. The molecule has 3 aromatic rings. The fourth-order valence-corrected chi connectivity index (χ4v) is 3.15. The van der Waals surface area contributed by atoms with Gasteiger partial charge in [-0.2, -0.15) is 0 Å². The van der Waals surface area contributed by atoms with Crippen LogP contribution in [0.4, 0.5) is 5.95 Å². The molecule has 0 saturated carbocycles. The molecule has 0 aliphatic carbocycles. The summed E-state index contributed by atoms with van der Waals surface area (Å²) in [5.74, 6) is 0.588. The number of aromatic nitrogens is 2. The number of rotatable bonds is 2. The third kappa shape index (κ3) is 1.78. The first-order valence-corrected chi connectivity index (χ1v) is 6.73. The Morgan fingerprint density at radius 3 is 2.78 bits per heavy atom. The van der Waals surface area contributed by atoms with E-state index in [-0.39, 0.29) is 0 Å². The summed E-state index contributed by atoms with van der Waals surface area (Å²) in [6, 6.07) is 10.4. The Kier molecular flexibility index (Phi) is 2.59. The quantitative estimate of drug-likeness (QED) is 0.765. The number of hydrogen-bond acceptors (Lipinski definition) is 3. The molecule has 0 unspecified atom stereocenters. The van der Waals surface area contributed by atoms with Crippen molar-refractivity contribution in [3.05, 3.63) is 45.6 Å². The number of hydrogen-bond donors (Lipinski definition) is 1. The molecule has 2 aromatic heterocycles. The van der Waals surface area contributed by atoms with Crippen LogP contribution in [0.5, 0.6) is 0 Å². The van der Waals surface area contributed by atoms with Gasteiger partial charge in [0, 0.05) is 9.75 Å². The molecule has 3 rings (SSSR count). The number of nitrogens with two attached hydrogens (primary N) is 1. The van der Waals surface area contributed by atoms with Crippen LogP contribution in [0.1, 0.15) is 15.3 Å². The third-order valence-electron chi connectivity index (χ3n) is 3.11. The molecule has 3 nitrogen and oxygen atoms in total. The molecule has 0 aliphatic rings. The van der Waals surface area contributed by atoms with Crippen LogP contribution < -0.4 is 5.73 Å². The van der Waals surface area contributed by atoms with E-state index in [9.17, 15) is 0 Å². The second-order valence-electron chi connectivity index (χ2n) is 4.51. The third-order valence-corrected chi connectivity index (χ3v) is 4.09. The molecule has 18 heavy (non-hydrogen) atoms. The number of fused-ring (bicyclic) bond motifs is 1. The van der Waals surface area contributed by atoms with E-state index in [1.165, 1.54) is 15.3 Å². The Morgan fingerprint density at radius 2 is 2.06 bits per heavy atom. The standard InChI is InChI=1S/C14H15N3S/c1-9-4-3-5-12-13(9)17(14(15)16-12)8-11-7-6-10(2)18-11/h3-7H,8H2,1-2H3,(H2,15,16). The topological polar surface area (TPSA) is 43.8 Å². The number of anilines is 1. The summed E-state index contributed by atoms with van der Waals surface area (Å²) in [7, 11) is 0. The molecule has 4 heteroatoms. The van der Waals surface area contributed by atoms with Crippen molar-refractivity contribution in [2.45, 2.75) is 20.4 Å². The Bertz CT molecular complexity index is 709. The van der Waals surface area contributed by atoms with Crippen LogP contribution in [0.15, 0.2) is 30.3 Å². The van der Waals surface area contributed by atoms with E-state index < -0.39 is 0 Å². The number of imidazole rings is 1. The minimum atomic E-state index is 0.588. The van der Waals surface area contributed by atoms with Crippen LogP contribution in [0, 0.1) is 13.8 Å². The highest BCUT2D eigenvalue weighted by Gasteiger charge is 2.11. The summed E-state index contributed by atoms with van der Waals surface area (Å²) in [5, 5.41) is 0. The van der Waals surface area contributed by atoms with Gasteiger partial charge in [0.2, 0.25) is 5.95 Å². The lowest BCUT2D eigenvalue weighted by molar-refractivity contribution is 0.850. The van der Waals surface area contributed by atoms with E-state index in [2.05, 4.69) is 41.6 Å². The SMILES string of the molecule is Cc1ccc(Cn2c(N)nc3cccc(C)c32)s1. The van der Waals surface area contributed by atoms with Gasteiger partial charge < -0.3 is 10.3 Å². The van der Waals surface area contributed by atoms with Crippen LogP contribution >= 0.6 is 11.3 Å². The van der Waals surface area contributed by atoms with Gasteiger partial charge in [-0.1, -0.05) is 12.1 Å². The fraction of sp³-hybridized carbons (Fsp3) is 0.214. The van der Waals surface area contributed by atoms with Crippen molar-refractivity contribution in [1.82, 2.24) is 9.55 Å². The lowest BCUT2D eigenvalue weighted by Crippen LogP contribution is -2.04.